The van der Waals surface area contributed by atoms with E-state index in [4.69, 9.17) is 4.74 Å². The van der Waals surface area contributed by atoms with Crippen molar-refractivity contribution >= 4 is 34.6 Å². The molecule has 1 amide bonds. The Morgan fingerprint density at radius 1 is 1.37 bits per heavy atom. The second kappa shape index (κ2) is 7.33. The minimum absolute atomic E-state index is 0.0176. The summed E-state index contributed by atoms with van der Waals surface area (Å²) in [5.74, 6) is -0.903. The zero-order chi connectivity index (χ0) is 19.0. The highest BCUT2D eigenvalue weighted by atomic mass is 32.1. The monoisotopic (exact) mass is 406 g/mol. The maximum Gasteiger partial charge on any atom is 0.345 e. The Labute approximate surface area is 165 Å². The highest BCUT2D eigenvalue weighted by molar-refractivity contribution is 7.14. The smallest absolute Gasteiger partial charge is 0.345 e. The molecule has 0 saturated carbocycles. The third-order valence-electron chi connectivity index (χ3n) is 5.31. The largest absolute Gasteiger partial charge is 0.477 e. The Bertz CT molecular complexity index is 865. The molecule has 2 aromatic heterocycles. The molecule has 2 aliphatic heterocycles. The third kappa shape index (κ3) is 3.41. The molecule has 1 fully saturated rings. The molecule has 144 valence electrons. The number of likely N-dealkylation sites (tertiary alicyclic amines) is 1. The Morgan fingerprint density at radius 2 is 2.15 bits per heavy atom. The van der Waals surface area contributed by atoms with Gasteiger partial charge in [-0.3, -0.25) is 4.79 Å². The van der Waals surface area contributed by atoms with Gasteiger partial charge in [-0.15, -0.1) is 22.7 Å². The fraction of sp³-hybridized carbons (Fsp3) is 0.526. The summed E-state index contributed by atoms with van der Waals surface area (Å²) < 4.78 is 6.16. The first-order chi connectivity index (χ1) is 13.0. The molecular weight excluding hydrogens is 384 g/mol. The highest BCUT2D eigenvalue weighted by Crippen LogP contribution is 2.44. The average Bonchev–Trinajstić information content (AvgIpc) is 3.30. The predicted octanol–water partition coefficient (Wildman–Crippen LogP) is 3.56. The van der Waals surface area contributed by atoms with Crippen LogP contribution in [-0.4, -0.2) is 46.6 Å². The van der Waals surface area contributed by atoms with Crippen LogP contribution >= 0.6 is 22.7 Å². The molecule has 4 heterocycles. The van der Waals surface area contributed by atoms with Gasteiger partial charge in [-0.1, -0.05) is 6.92 Å². The second-order valence-electron chi connectivity index (χ2n) is 7.01. The van der Waals surface area contributed by atoms with Crippen LogP contribution in [0.1, 0.15) is 61.8 Å². The van der Waals surface area contributed by atoms with Gasteiger partial charge in [-0.05, 0) is 37.3 Å². The van der Waals surface area contributed by atoms with Gasteiger partial charge in [0, 0.05) is 29.8 Å². The van der Waals surface area contributed by atoms with Crippen LogP contribution in [0.5, 0.6) is 0 Å². The Hall–Kier alpha value is -1.77. The van der Waals surface area contributed by atoms with Gasteiger partial charge in [0.25, 0.3) is 5.91 Å². The number of aryl methyl sites for hydroxylation is 1. The average molecular weight is 407 g/mol. The molecule has 4 rings (SSSR count). The van der Waals surface area contributed by atoms with Crippen LogP contribution in [0, 0.1) is 0 Å². The zero-order valence-corrected chi connectivity index (χ0v) is 16.8. The number of carbonyl (C=O) groups is 2. The van der Waals surface area contributed by atoms with Crippen molar-refractivity contribution in [2.45, 2.75) is 44.6 Å². The van der Waals surface area contributed by atoms with E-state index in [1.54, 1.807) is 17.4 Å². The number of thiophene rings is 1. The lowest BCUT2D eigenvalue weighted by Crippen LogP contribution is -2.48. The highest BCUT2D eigenvalue weighted by Gasteiger charge is 2.43. The number of amides is 1. The molecule has 0 unspecified atom stereocenters. The molecule has 8 heteroatoms. The maximum absolute atomic E-state index is 12.8. The minimum Gasteiger partial charge on any atom is -0.477 e. The number of piperidine rings is 1. The van der Waals surface area contributed by atoms with Crippen molar-refractivity contribution in [3.05, 3.63) is 37.5 Å². The topological polar surface area (TPSA) is 79.7 Å². The van der Waals surface area contributed by atoms with E-state index in [0.717, 1.165) is 34.7 Å². The molecule has 1 spiro atoms. The van der Waals surface area contributed by atoms with E-state index >= 15 is 0 Å². The van der Waals surface area contributed by atoms with E-state index in [1.165, 1.54) is 11.3 Å². The number of fused-ring (bicyclic) bond motifs is 2. The molecule has 0 aromatic carbocycles. The number of ether oxygens (including phenoxy) is 1. The number of hydrogen-bond donors (Lipinski definition) is 1. The Morgan fingerprint density at radius 3 is 2.85 bits per heavy atom. The van der Waals surface area contributed by atoms with Crippen molar-refractivity contribution in [3.8, 4) is 0 Å². The normalized spacial score (nSPS) is 18.5. The van der Waals surface area contributed by atoms with E-state index in [0.29, 0.717) is 43.1 Å². The molecular formula is C19H22N2O4S2. The van der Waals surface area contributed by atoms with E-state index in [1.807, 2.05) is 10.3 Å². The van der Waals surface area contributed by atoms with Crippen molar-refractivity contribution in [3.63, 3.8) is 0 Å². The molecule has 2 aromatic rings. The van der Waals surface area contributed by atoms with Gasteiger partial charge in [0.2, 0.25) is 0 Å². The van der Waals surface area contributed by atoms with Crippen LogP contribution in [0.15, 0.2) is 11.4 Å². The van der Waals surface area contributed by atoms with Crippen LogP contribution in [0.4, 0.5) is 0 Å². The molecule has 0 atom stereocenters. The van der Waals surface area contributed by atoms with Crippen LogP contribution in [-0.2, 0) is 23.2 Å². The van der Waals surface area contributed by atoms with Crippen molar-refractivity contribution in [1.29, 1.82) is 0 Å². The first kappa shape index (κ1) is 18.6. The predicted molar refractivity (Wildman–Crippen MR) is 104 cm³/mol. The van der Waals surface area contributed by atoms with E-state index in [-0.39, 0.29) is 5.91 Å². The Kier molecular flexibility index (Phi) is 5.05. The van der Waals surface area contributed by atoms with E-state index in [9.17, 15) is 14.7 Å². The van der Waals surface area contributed by atoms with Crippen LogP contribution in [0.25, 0.3) is 0 Å². The van der Waals surface area contributed by atoms with Gasteiger partial charge in [-0.25, -0.2) is 9.78 Å². The van der Waals surface area contributed by atoms with E-state index in [2.05, 4.69) is 11.9 Å². The number of carboxylic acids is 1. The van der Waals surface area contributed by atoms with E-state index < -0.39 is 11.6 Å². The van der Waals surface area contributed by atoms with Crippen molar-refractivity contribution in [1.82, 2.24) is 9.88 Å². The fourth-order valence-corrected chi connectivity index (χ4v) is 5.85. The summed E-state index contributed by atoms with van der Waals surface area (Å²) in [6.45, 7) is 3.90. The number of aromatic nitrogens is 1. The number of hydrogen-bond acceptors (Lipinski definition) is 6. The van der Waals surface area contributed by atoms with Gasteiger partial charge in [0.05, 0.1) is 17.2 Å². The lowest BCUT2D eigenvalue weighted by Gasteiger charge is -2.43. The number of carboxylic acid groups (broad SMARTS) is 1. The third-order valence-corrected chi connectivity index (χ3v) is 7.40. The van der Waals surface area contributed by atoms with Crippen LogP contribution in [0.3, 0.4) is 0 Å². The number of nitrogens with zero attached hydrogens (tertiary/aromatic N) is 2. The lowest BCUT2D eigenvalue weighted by molar-refractivity contribution is -0.0926. The minimum atomic E-state index is -0.886. The summed E-state index contributed by atoms with van der Waals surface area (Å²) in [6, 6.07) is 1.77. The first-order valence-corrected chi connectivity index (χ1v) is 11.0. The molecule has 2 aliphatic rings. The SMILES string of the molecule is CCCc1nc(C(=O)N2CCC3(CC2)OCCc2sc(C(=O)O)cc23)cs1. The fourth-order valence-electron chi connectivity index (χ4n) is 3.91. The van der Waals surface area contributed by atoms with Crippen LogP contribution in [0.2, 0.25) is 0 Å². The summed E-state index contributed by atoms with van der Waals surface area (Å²) in [5, 5.41) is 12.2. The van der Waals surface area contributed by atoms with Gasteiger partial charge in [-0.2, -0.15) is 0 Å². The van der Waals surface area contributed by atoms with Gasteiger partial charge in [0.15, 0.2) is 0 Å². The number of rotatable bonds is 4. The second-order valence-corrected chi connectivity index (χ2v) is 9.09. The van der Waals surface area contributed by atoms with Crippen molar-refractivity contribution < 1.29 is 19.4 Å². The summed E-state index contributed by atoms with van der Waals surface area (Å²) in [5.41, 5.74) is 1.10. The maximum atomic E-state index is 12.8. The van der Waals surface area contributed by atoms with Gasteiger partial charge >= 0.3 is 5.97 Å². The van der Waals surface area contributed by atoms with Gasteiger partial charge in [0.1, 0.15) is 10.6 Å². The molecule has 1 saturated heterocycles. The molecule has 0 radical (unpaired) electrons. The van der Waals surface area contributed by atoms with Crippen LogP contribution < -0.4 is 0 Å². The lowest BCUT2D eigenvalue weighted by atomic mass is 9.82. The number of aromatic carboxylic acids is 1. The number of thiazole rings is 1. The first-order valence-electron chi connectivity index (χ1n) is 9.26. The number of carbonyl (C=O) groups excluding carboxylic acids is 1. The summed E-state index contributed by atoms with van der Waals surface area (Å²) in [4.78, 5) is 31.9. The molecule has 0 bridgehead atoms. The Balaban J connectivity index is 1.49. The zero-order valence-electron chi connectivity index (χ0n) is 15.2. The summed E-state index contributed by atoms with van der Waals surface area (Å²) in [6.07, 6.45) is 4.06. The summed E-state index contributed by atoms with van der Waals surface area (Å²) >= 11 is 2.90. The molecule has 1 N–H and O–H groups in total. The standard InChI is InChI=1S/C19H22N2O4S2/c1-2-3-16-20-13(11-26-16)17(22)21-7-5-19(6-8-21)12-10-15(18(23)24)27-14(12)4-9-25-19/h10-11H,2-9H2,1H3,(H,23,24). The molecule has 0 aliphatic carbocycles. The van der Waals surface area contributed by atoms with Crippen molar-refractivity contribution in [2.75, 3.05) is 19.7 Å². The summed E-state index contributed by atoms with van der Waals surface area (Å²) in [7, 11) is 0. The molecule has 6 nitrogen and oxygen atoms in total. The van der Waals surface area contributed by atoms with Crippen molar-refractivity contribution in [2.24, 2.45) is 0 Å². The van der Waals surface area contributed by atoms with Gasteiger partial charge < -0.3 is 14.7 Å². The molecule has 27 heavy (non-hydrogen) atoms. The quantitative estimate of drug-likeness (QED) is 0.840.